The molecule has 1 aliphatic rings. The van der Waals surface area contributed by atoms with Crippen molar-refractivity contribution >= 4 is 5.97 Å². The molecule has 1 aromatic heterocycles. The molecule has 0 saturated carbocycles. The average Bonchev–Trinajstić information content (AvgIpc) is 3.23. The number of carboxylic acid groups (broad SMARTS) is 1. The number of nitrogens with one attached hydrogen (secondary N) is 2. The highest BCUT2D eigenvalue weighted by molar-refractivity contribution is 5.82. The van der Waals surface area contributed by atoms with Gasteiger partial charge in [0.25, 0.3) is 5.82 Å². The van der Waals surface area contributed by atoms with Crippen LogP contribution in [0.4, 0.5) is 0 Å². The van der Waals surface area contributed by atoms with E-state index in [1.807, 2.05) is 6.07 Å². The van der Waals surface area contributed by atoms with E-state index in [2.05, 4.69) is 56.6 Å². The Hall–Kier alpha value is -2.25. The Bertz CT molecular complexity index is 673. The summed E-state index contributed by atoms with van der Waals surface area (Å²) < 4.78 is 0. The monoisotopic (exact) mass is 329 g/mol. The van der Waals surface area contributed by atoms with Crippen LogP contribution in [-0.4, -0.2) is 50.3 Å². The molecule has 1 saturated heterocycles. The van der Waals surface area contributed by atoms with E-state index in [9.17, 15) is 4.79 Å². The number of rotatable bonds is 7. The number of likely N-dealkylation sites (tertiary alicyclic amines) is 1. The molecule has 0 radical (unpaired) electrons. The first-order chi connectivity index (χ1) is 11.6. The van der Waals surface area contributed by atoms with Crippen LogP contribution in [0.5, 0.6) is 0 Å². The molecule has 7 heteroatoms. The lowest BCUT2D eigenvalue weighted by Gasteiger charge is -2.21. The van der Waals surface area contributed by atoms with Crippen LogP contribution < -0.4 is 5.32 Å². The Morgan fingerprint density at radius 3 is 2.96 bits per heavy atom. The van der Waals surface area contributed by atoms with Gasteiger partial charge in [-0.05, 0) is 31.4 Å². The van der Waals surface area contributed by atoms with Crippen LogP contribution in [0.25, 0.3) is 0 Å². The summed E-state index contributed by atoms with van der Waals surface area (Å²) in [5.74, 6) is -0.166. The van der Waals surface area contributed by atoms with Crippen molar-refractivity contribution in [3.05, 3.63) is 47.5 Å². The number of carbonyl (C=O) groups is 1. The van der Waals surface area contributed by atoms with Crippen LogP contribution in [0.1, 0.15) is 35.4 Å². The Kier molecular flexibility index (Phi) is 5.22. The molecule has 2 heterocycles. The molecule has 2 atom stereocenters. The van der Waals surface area contributed by atoms with Crippen LogP contribution >= 0.6 is 0 Å². The molecular formula is C17H23N5O2. The third kappa shape index (κ3) is 4.18. The fourth-order valence-electron chi connectivity index (χ4n) is 3.15. The highest BCUT2D eigenvalue weighted by atomic mass is 16.4. The summed E-state index contributed by atoms with van der Waals surface area (Å²) in [6.07, 6.45) is 1.16. The van der Waals surface area contributed by atoms with E-state index >= 15 is 0 Å². The van der Waals surface area contributed by atoms with E-state index < -0.39 is 5.97 Å². The summed E-state index contributed by atoms with van der Waals surface area (Å²) >= 11 is 0. The van der Waals surface area contributed by atoms with E-state index in [0.29, 0.717) is 24.3 Å². The molecule has 0 spiro atoms. The van der Waals surface area contributed by atoms with Gasteiger partial charge in [0.15, 0.2) is 0 Å². The van der Waals surface area contributed by atoms with Gasteiger partial charge < -0.3 is 10.4 Å². The molecule has 7 nitrogen and oxygen atoms in total. The minimum Gasteiger partial charge on any atom is -0.475 e. The van der Waals surface area contributed by atoms with Gasteiger partial charge in [0, 0.05) is 19.1 Å². The van der Waals surface area contributed by atoms with Crippen LogP contribution in [0.15, 0.2) is 30.3 Å². The van der Waals surface area contributed by atoms with Crippen molar-refractivity contribution in [3.8, 4) is 0 Å². The SMILES string of the molecule is CC(NCc1nc(C(=O)O)n[nH]1)C1CCN(Cc2ccccc2)C1. The van der Waals surface area contributed by atoms with Gasteiger partial charge in [0.2, 0.25) is 0 Å². The molecule has 24 heavy (non-hydrogen) atoms. The van der Waals surface area contributed by atoms with Crippen molar-refractivity contribution in [2.75, 3.05) is 13.1 Å². The predicted molar refractivity (Wildman–Crippen MR) is 89.5 cm³/mol. The first-order valence-corrected chi connectivity index (χ1v) is 8.26. The molecule has 3 N–H and O–H groups in total. The molecule has 2 unspecified atom stereocenters. The van der Waals surface area contributed by atoms with Crippen molar-refractivity contribution in [2.45, 2.75) is 32.5 Å². The van der Waals surface area contributed by atoms with Gasteiger partial charge in [-0.15, -0.1) is 5.10 Å². The van der Waals surface area contributed by atoms with Gasteiger partial charge in [-0.2, -0.15) is 0 Å². The lowest BCUT2D eigenvalue weighted by Crippen LogP contribution is -2.35. The van der Waals surface area contributed by atoms with Crippen LogP contribution in [0.3, 0.4) is 0 Å². The largest absolute Gasteiger partial charge is 0.475 e. The standard InChI is InChI=1S/C17H23N5O2/c1-12(18-9-15-19-16(17(23)24)21-20-15)14-7-8-22(11-14)10-13-5-3-2-4-6-13/h2-6,12,14,18H,7-11H2,1H3,(H,23,24)(H,19,20,21). The van der Waals surface area contributed by atoms with Crippen molar-refractivity contribution < 1.29 is 9.90 Å². The summed E-state index contributed by atoms with van der Waals surface area (Å²) in [4.78, 5) is 17.2. The van der Waals surface area contributed by atoms with Crippen molar-refractivity contribution in [2.24, 2.45) is 5.92 Å². The minimum absolute atomic E-state index is 0.186. The molecule has 1 aromatic carbocycles. The number of hydrogen-bond acceptors (Lipinski definition) is 5. The number of aromatic carboxylic acids is 1. The molecule has 1 fully saturated rings. The summed E-state index contributed by atoms with van der Waals surface area (Å²) in [7, 11) is 0. The summed E-state index contributed by atoms with van der Waals surface area (Å²) in [6.45, 7) is 5.84. The molecule has 2 aromatic rings. The normalized spacial score (nSPS) is 19.5. The Balaban J connectivity index is 1.45. The fourth-order valence-corrected chi connectivity index (χ4v) is 3.15. The highest BCUT2D eigenvalue weighted by Crippen LogP contribution is 2.21. The lowest BCUT2D eigenvalue weighted by atomic mass is 10.0. The zero-order valence-corrected chi connectivity index (χ0v) is 13.8. The van der Waals surface area contributed by atoms with Crippen molar-refractivity contribution in [1.82, 2.24) is 25.4 Å². The molecule has 0 aliphatic carbocycles. The number of hydrogen-bond donors (Lipinski definition) is 3. The van der Waals surface area contributed by atoms with E-state index in [1.54, 1.807) is 0 Å². The molecule has 3 rings (SSSR count). The number of aromatic amines is 1. The minimum atomic E-state index is -1.11. The van der Waals surface area contributed by atoms with E-state index in [-0.39, 0.29) is 5.82 Å². The van der Waals surface area contributed by atoms with E-state index in [1.165, 1.54) is 5.56 Å². The van der Waals surface area contributed by atoms with Crippen molar-refractivity contribution in [1.29, 1.82) is 0 Å². The van der Waals surface area contributed by atoms with Crippen molar-refractivity contribution in [3.63, 3.8) is 0 Å². The van der Waals surface area contributed by atoms with Crippen LogP contribution in [0.2, 0.25) is 0 Å². The van der Waals surface area contributed by atoms with Gasteiger partial charge in [-0.3, -0.25) is 10.00 Å². The molecule has 128 valence electrons. The Morgan fingerprint density at radius 2 is 2.25 bits per heavy atom. The van der Waals surface area contributed by atoms with Gasteiger partial charge in [-0.25, -0.2) is 9.78 Å². The van der Waals surface area contributed by atoms with E-state index in [4.69, 9.17) is 5.11 Å². The summed E-state index contributed by atoms with van der Waals surface area (Å²) in [6, 6.07) is 10.9. The molecule has 0 amide bonds. The number of nitrogens with zero attached hydrogens (tertiary/aromatic N) is 3. The fraction of sp³-hybridized carbons (Fsp3) is 0.471. The Labute approximate surface area is 141 Å². The predicted octanol–water partition coefficient (Wildman–Crippen LogP) is 1.50. The van der Waals surface area contributed by atoms with Gasteiger partial charge in [0.05, 0.1) is 6.54 Å². The van der Waals surface area contributed by atoms with Gasteiger partial charge in [0.1, 0.15) is 5.82 Å². The zero-order chi connectivity index (χ0) is 16.9. The van der Waals surface area contributed by atoms with Gasteiger partial charge in [-0.1, -0.05) is 30.3 Å². The zero-order valence-electron chi connectivity index (χ0n) is 13.8. The van der Waals surface area contributed by atoms with E-state index in [0.717, 1.165) is 26.1 Å². The highest BCUT2D eigenvalue weighted by Gasteiger charge is 2.26. The summed E-state index contributed by atoms with van der Waals surface area (Å²) in [5, 5.41) is 18.6. The number of H-pyrrole nitrogens is 1. The quantitative estimate of drug-likeness (QED) is 0.713. The summed E-state index contributed by atoms with van der Waals surface area (Å²) in [5.41, 5.74) is 1.35. The van der Waals surface area contributed by atoms with Crippen LogP contribution in [0, 0.1) is 5.92 Å². The smallest absolute Gasteiger partial charge is 0.375 e. The maximum atomic E-state index is 10.8. The maximum Gasteiger partial charge on any atom is 0.375 e. The Morgan fingerprint density at radius 1 is 1.46 bits per heavy atom. The third-order valence-corrected chi connectivity index (χ3v) is 4.58. The maximum absolute atomic E-state index is 10.8. The van der Waals surface area contributed by atoms with Gasteiger partial charge >= 0.3 is 5.97 Å². The average molecular weight is 329 g/mol. The lowest BCUT2D eigenvalue weighted by molar-refractivity contribution is 0.0684. The van der Waals surface area contributed by atoms with Crippen LogP contribution in [-0.2, 0) is 13.1 Å². The number of benzene rings is 1. The number of carboxylic acids is 1. The second kappa shape index (κ2) is 7.55. The first-order valence-electron chi connectivity index (χ1n) is 8.26. The first kappa shape index (κ1) is 16.6. The molecular weight excluding hydrogens is 306 g/mol. The second-order valence-electron chi connectivity index (χ2n) is 6.35. The molecule has 1 aliphatic heterocycles. The molecule has 0 bridgehead atoms. The topological polar surface area (TPSA) is 94.1 Å². The number of aromatic nitrogens is 3. The second-order valence-corrected chi connectivity index (χ2v) is 6.35. The third-order valence-electron chi connectivity index (χ3n) is 4.58.